The molecule has 3 rings (SSSR count). The Morgan fingerprint density at radius 2 is 2.43 bits per heavy atom. The number of methoxy groups -OCH3 is 1. The molecule has 2 aromatic rings. The molecule has 2 aromatic heterocycles. The average Bonchev–Trinajstić information content (AvgIpc) is 3.19. The zero-order valence-corrected chi connectivity index (χ0v) is 13.0. The maximum absolute atomic E-state index is 12.6. The second kappa shape index (κ2) is 5.99. The van der Waals surface area contributed by atoms with Crippen molar-refractivity contribution in [3.05, 3.63) is 40.3 Å². The summed E-state index contributed by atoms with van der Waals surface area (Å²) >= 11 is 1.55. The van der Waals surface area contributed by atoms with Gasteiger partial charge in [-0.2, -0.15) is 16.4 Å². The van der Waals surface area contributed by atoms with E-state index in [0.29, 0.717) is 0 Å². The lowest BCUT2D eigenvalue weighted by Crippen LogP contribution is -2.41. The van der Waals surface area contributed by atoms with E-state index in [0.717, 1.165) is 30.5 Å². The molecule has 5 nitrogen and oxygen atoms in total. The van der Waals surface area contributed by atoms with Crippen LogP contribution in [0.2, 0.25) is 0 Å². The van der Waals surface area contributed by atoms with Gasteiger partial charge in [0.2, 0.25) is 0 Å². The summed E-state index contributed by atoms with van der Waals surface area (Å²) in [4.78, 5) is 14.6. The predicted molar refractivity (Wildman–Crippen MR) is 81.5 cm³/mol. The van der Waals surface area contributed by atoms with Gasteiger partial charge in [-0.25, -0.2) is 0 Å². The van der Waals surface area contributed by atoms with Crippen LogP contribution in [0.1, 0.15) is 22.3 Å². The van der Waals surface area contributed by atoms with Crippen molar-refractivity contribution in [1.29, 1.82) is 0 Å². The van der Waals surface area contributed by atoms with Crippen LogP contribution in [0.5, 0.6) is 0 Å². The van der Waals surface area contributed by atoms with Crippen LogP contribution < -0.4 is 0 Å². The first-order chi connectivity index (χ1) is 10.2. The van der Waals surface area contributed by atoms with Gasteiger partial charge in [0.15, 0.2) is 0 Å². The van der Waals surface area contributed by atoms with Crippen LogP contribution in [0.4, 0.5) is 0 Å². The molecular weight excluding hydrogens is 286 g/mol. The molecule has 0 unspecified atom stereocenters. The van der Waals surface area contributed by atoms with Crippen LogP contribution in [0, 0.1) is 0 Å². The van der Waals surface area contributed by atoms with Gasteiger partial charge in [-0.1, -0.05) is 0 Å². The number of aryl methyl sites for hydroxylation is 1. The lowest BCUT2D eigenvalue weighted by atomic mass is 10.0. The summed E-state index contributed by atoms with van der Waals surface area (Å²) in [5.74, 6) is 0.102. The monoisotopic (exact) mass is 305 g/mol. The lowest BCUT2D eigenvalue weighted by Gasteiger charge is -2.27. The van der Waals surface area contributed by atoms with Crippen molar-refractivity contribution < 1.29 is 9.53 Å². The molecule has 1 fully saturated rings. The van der Waals surface area contributed by atoms with Crippen LogP contribution in [-0.4, -0.2) is 46.4 Å². The zero-order valence-electron chi connectivity index (χ0n) is 12.2. The number of likely N-dealkylation sites (tertiary alicyclic amines) is 1. The highest BCUT2D eigenvalue weighted by molar-refractivity contribution is 7.08. The minimum atomic E-state index is 0.0756. The first-order valence-corrected chi connectivity index (χ1v) is 7.97. The number of hydrogen-bond donors (Lipinski definition) is 0. The Labute approximate surface area is 128 Å². The second-order valence-corrected chi connectivity index (χ2v) is 6.15. The van der Waals surface area contributed by atoms with Crippen molar-refractivity contribution in [3.8, 4) is 0 Å². The molecule has 0 radical (unpaired) electrons. The largest absolute Gasteiger partial charge is 0.379 e. The summed E-state index contributed by atoms with van der Waals surface area (Å²) in [5, 5.41) is 8.05. The quantitative estimate of drug-likeness (QED) is 0.867. The topological polar surface area (TPSA) is 47.4 Å². The molecule has 0 N–H and O–H groups in total. The molecular formula is C15H19N3O2S. The summed E-state index contributed by atoms with van der Waals surface area (Å²) in [6, 6.07) is 1.96. The Hall–Kier alpha value is -1.66. The van der Waals surface area contributed by atoms with Crippen molar-refractivity contribution in [3.63, 3.8) is 0 Å². The number of thiophene rings is 1. The summed E-state index contributed by atoms with van der Waals surface area (Å²) in [6.07, 6.45) is 5.61. The molecule has 0 aromatic carbocycles. The van der Waals surface area contributed by atoms with E-state index in [9.17, 15) is 4.79 Å². The van der Waals surface area contributed by atoms with Gasteiger partial charge < -0.3 is 9.64 Å². The Morgan fingerprint density at radius 1 is 1.57 bits per heavy atom. The van der Waals surface area contributed by atoms with Gasteiger partial charge in [0, 0.05) is 32.3 Å². The first-order valence-electron chi connectivity index (χ1n) is 7.02. The molecule has 0 bridgehead atoms. The molecule has 6 heteroatoms. The van der Waals surface area contributed by atoms with E-state index in [1.165, 1.54) is 0 Å². The fourth-order valence-electron chi connectivity index (χ4n) is 2.96. The fraction of sp³-hybridized carbons (Fsp3) is 0.467. The van der Waals surface area contributed by atoms with Gasteiger partial charge in [0.05, 0.1) is 23.9 Å². The minimum Gasteiger partial charge on any atom is -0.379 e. The summed E-state index contributed by atoms with van der Waals surface area (Å²) in [5.41, 5.74) is 1.91. The highest BCUT2D eigenvalue weighted by Gasteiger charge is 2.37. The van der Waals surface area contributed by atoms with Crippen LogP contribution in [0.15, 0.2) is 29.2 Å². The van der Waals surface area contributed by atoms with Gasteiger partial charge in [-0.15, -0.1) is 0 Å². The van der Waals surface area contributed by atoms with Gasteiger partial charge in [0.25, 0.3) is 5.91 Å². The smallest absolute Gasteiger partial charge is 0.255 e. The van der Waals surface area contributed by atoms with E-state index in [1.807, 2.05) is 41.2 Å². The zero-order chi connectivity index (χ0) is 14.8. The standard InChI is InChI=1S/C15H19N3O2S/c1-17-9-11(8-16-17)7-13-14(20-2)3-5-18(13)15(19)12-4-6-21-10-12/h4,6,8-10,13-14H,3,5,7H2,1-2H3/t13-,14-/m1/s1. The molecule has 1 saturated heterocycles. The third kappa shape index (κ3) is 2.87. The van der Waals surface area contributed by atoms with Crippen molar-refractivity contribution in [2.75, 3.05) is 13.7 Å². The van der Waals surface area contributed by atoms with Crippen molar-refractivity contribution in [1.82, 2.24) is 14.7 Å². The van der Waals surface area contributed by atoms with Crippen molar-refractivity contribution >= 4 is 17.2 Å². The highest BCUT2D eigenvalue weighted by Crippen LogP contribution is 2.26. The molecule has 1 amide bonds. The summed E-state index contributed by atoms with van der Waals surface area (Å²) in [7, 11) is 3.62. The van der Waals surface area contributed by atoms with Crippen molar-refractivity contribution in [2.24, 2.45) is 7.05 Å². The van der Waals surface area contributed by atoms with E-state index in [4.69, 9.17) is 4.74 Å². The minimum absolute atomic E-state index is 0.0756. The molecule has 0 aliphatic carbocycles. The number of nitrogens with zero attached hydrogens (tertiary/aromatic N) is 3. The molecule has 1 aliphatic rings. The van der Waals surface area contributed by atoms with Gasteiger partial charge in [0.1, 0.15) is 0 Å². The normalized spacial score (nSPS) is 21.9. The van der Waals surface area contributed by atoms with Gasteiger partial charge in [-0.05, 0) is 29.9 Å². The third-order valence-corrected chi connectivity index (χ3v) is 4.70. The molecule has 0 saturated carbocycles. The Balaban J connectivity index is 1.80. The van der Waals surface area contributed by atoms with Crippen LogP contribution >= 0.6 is 11.3 Å². The number of hydrogen-bond acceptors (Lipinski definition) is 4. The predicted octanol–water partition coefficient (Wildman–Crippen LogP) is 1.95. The maximum Gasteiger partial charge on any atom is 0.255 e. The second-order valence-electron chi connectivity index (χ2n) is 5.37. The number of carbonyl (C=O) groups is 1. The Kier molecular flexibility index (Phi) is 4.07. The molecule has 1 aliphatic heterocycles. The Morgan fingerprint density at radius 3 is 3.05 bits per heavy atom. The first kappa shape index (κ1) is 14.3. The average molecular weight is 305 g/mol. The maximum atomic E-state index is 12.6. The third-order valence-electron chi connectivity index (χ3n) is 4.02. The fourth-order valence-corrected chi connectivity index (χ4v) is 3.59. The van der Waals surface area contributed by atoms with E-state index >= 15 is 0 Å². The van der Waals surface area contributed by atoms with E-state index in [1.54, 1.807) is 23.1 Å². The lowest BCUT2D eigenvalue weighted by molar-refractivity contribution is 0.0509. The molecule has 21 heavy (non-hydrogen) atoms. The Bertz CT molecular complexity index is 608. The number of aromatic nitrogens is 2. The number of amides is 1. The number of ether oxygens (including phenoxy) is 1. The number of carbonyl (C=O) groups excluding carboxylic acids is 1. The SMILES string of the molecule is CO[C@@H]1CCN(C(=O)c2ccsc2)[C@@H]1Cc1cnn(C)c1. The molecule has 112 valence electrons. The van der Waals surface area contributed by atoms with E-state index in [2.05, 4.69) is 5.10 Å². The summed E-state index contributed by atoms with van der Waals surface area (Å²) in [6.45, 7) is 0.748. The number of rotatable bonds is 4. The summed E-state index contributed by atoms with van der Waals surface area (Å²) < 4.78 is 7.37. The van der Waals surface area contributed by atoms with Gasteiger partial charge in [-0.3, -0.25) is 9.48 Å². The van der Waals surface area contributed by atoms with E-state index in [-0.39, 0.29) is 18.1 Å². The molecule has 0 spiro atoms. The van der Waals surface area contributed by atoms with E-state index < -0.39 is 0 Å². The van der Waals surface area contributed by atoms with Crippen LogP contribution in [0.25, 0.3) is 0 Å². The highest BCUT2D eigenvalue weighted by atomic mass is 32.1. The molecule has 2 atom stereocenters. The van der Waals surface area contributed by atoms with Gasteiger partial charge >= 0.3 is 0 Å². The van der Waals surface area contributed by atoms with Crippen LogP contribution in [-0.2, 0) is 18.2 Å². The van der Waals surface area contributed by atoms with Crippen molar-refractivity contribution in [2.45, 2.75) is 25.0 Å². The van der Waals surface area contributed by atoms with Crippen LogP contribution in [0.3, 0.4) is 0 Å². The molecule has 3 heterocycles.